The van der Waals surface area contributed by atoms with Crippen LogP contribution in [0.1, 0.15) is 38.6 Å². The number of nitrogens with one attached hydrogen (secondary N) is 1. The lowest BCUT2D eigenvalue weighted by atomic mass is 9.95. The van der Waals surface area contributed by atoms with Gasteiger partial charge in [0.05, 0.1) is 0 Å². The van der Waals surface area contributed by atoms with Crippen LogP contribution in [0.3, 0.4) is 0 Å². The molecule has 0 aliphatic carbocycles. The first-order valence-corrected chi connectivity index (χ1v) is 7.72. The van der Waals surface area contributed by atoms with Crippen molar-refractivity contribution in [1.82, 2.24) is 14.9 Å². The summed E-state index contributed by atoms with van der Waals surface area (Å²) < 4.78 is 0. The Morgan fingerprint density at radius 3 is 2.38 bits per heavy atom. The van der Waals surface area contributed by atoms with Gasteiger partial charge in [0.2, 0.25) is 0 Å². The van der Waals surface area contributed by atoms with E-state index in [0.29, 0.717) is 6.04 Å². The lowest BCUT2D eigenvalue weighted by Crippen LogP contribution is -2.32. The van der Waals surface area contributed by atoms with Crippen LogP contribution in [0.25, 0.3) is 0 Å². The van der Waals surface area contributed by atoms with Crippen LogP contribution in [0.2, 0.25) is 0 Å². The van der Waals surface area contributed by atoms with E-state index in [1.807, 2.05) is 7.05 Å². The van der Waals surface area contributed by atoms with E-state index in [2.05, 4.69) is 61.9 Å². The van der Waals surface area contributed by atoms with Crippen LogP contribution in [0, 0.1) is 6.92 Å². The second-order valence-electron chi connectivity index (χ2n) is 7.20. The summed E-state index contributed by atoms with van der Waals surface area (Å²) in [5.74, 6) is 2.93. The second kappa shape index (κ2) is 5.79. The molecule has 2 rings (SSSR count). The first-order valence-electron chi connectivity index (χ1n) is 7.72. The Bertz CT molecular complexity index is 504. The summed E-state index contributed by atoms with van der Waals surface area (Å²) in [5.41, 5.74) is 1.10. The zero-order chi connectivity index (χ0) is 15.8. The van der Waals surface area contributed by atoms with Crippen molar-refractivity contribution in [2.24, 2.45) is 0 Å². The molecule has 1 unspecified atom stereocenters. The Morgan fingerprint density at radius 1 is 1.24 bits per heavy atom. The van der Waals surface area contributed by atoms with Gasteiger partial charge in [0.1, 0.15) is 17.5 Å². The number of nitrogens with zero attached hydrogens (tertiary/aromatic N) is 4. The number of hydrogen-bond acceptors (Lipinski definition) is 5. The topological polar surface area (TPSA) is 44.3 Å². The molecule has 2 heterocycles. The number of rotatable bonds is 3. The molecule has 1 aliphatic rings. The Kier molecular flexibility index (Phi) is 4.42. The molecule has 5 heteroatoms. The summed E-state index contributed by atoms with van der Waals surface area (Å²) in [5, 5.41) is 3.22. The van der Waals surface area contributed by atoms with Crippen molar-refractivity contribution >= 4 is 11.6 Å². The fourth-order valence-electron chi connectivity index (χ4n) is 2.75. The minimum absolute atomic E-state index is 0.0469. The number of anilines is 2. The van der Waals surface area contributed by atoms with Gasteiger partial charge in [-0.1, -0.05) is 20.8 Å². The summed E-state index contributed by atoms with van der Waals surface area (Å²) in [6.07, 6.45) is 1.19. The van der Waals surface area contributed by atoms with E-state index in [4.69, 9.17) is 4.98 Å². The lowest BCUT2D eigenvalue weighted by molar-refractivity contribution is 0.315. The molecule has 1 fully saturated rings. The largest absolute Gasteiger partial charge is 0.373 e. The highest BCUT2D eigenvalue weighted by atomic mass is 15.3. The fraction of sp³-hybridized carbons (Fsp3) is 0.750. The Hall–Kier alpha value is -1.36. The highest BCUT2D eigenvalue weighted by molar-refractivity contribution is 5.59. The molecular formula is C16H29N5. The van der Waals surface area contributed by atoms with Crippen LogP contribution in [-0.4, -0.2) is 55.1 Å². The maximum absolute atomic E-state index is 4.88. The highest BCUT2D eigenvalue weighted by Crippen LogP contribution is 2.30. The summed E-state index contributed by atoms with van der Waals surface area (Å²) in [4.78, 5) is 14.3. The van der Waals surface area contributed by atoms with E-state index < -0.39 is 0 Å². The van der Waals surface area contributed by atoms with Gasteiger partial charge >= 0.3 is 0 Å². The molecule has 0 saturated carbocycles. The molecule has 1 aromatic heterocycles. The molecule has 1 saturated heterocycles. The van der Waals surface area contributed by atoms with Crippen molar-refractivity contribution in [3.05, 3.63) is 11.4 Å². The standard InChI is InChI=1S/C16H29N5/c1-11-13(17-5)18-15(16(2,3)4)19-14(11)21-9-8-12(10-21)20(6)7/h12H,8-10H2,1-7H3,(H,17,18,19). The van der Waals surface area contributed by atoms with E-state index in [1.54, 1.807) is 0 Å². The molecule has 1 aliphatic heterocycles. The van der Waals surface area contributed by atoms with Crippen molar-refractivity contribution in [2.75, 3.05) is 44.4 Å². The van der Waals surface area contributed by atoms with Crippen LogP contribution in [0.15, 0.2) is 0 Å². The molecule has 1 atom stereocenters. The quantitative estimate of drug-likeness (QED) is 0.925. The third-order valence-electron chi connectivity index (χ3n) is 4.22. The van der Waals surface area contributed by atoms with Crippen LogP contribution in [0.5, 0.6) is 0 Å². The smallest absolute Gasteiger partial charge is 0.138 e. The average Bonchev–Trinajstić information content (AvgIpc) is 2.87. The third kappa shape index (κ3) is 3.28. The monoisotopic (exact) mass is 291 g/mol. The minimum atomic E-state index is -0.0469. The van der Waals surface area contributed by atoms with E-state index in [1.165, 1.54) is 6.42 Å². The van der Waals surface area contributed by atoms with Crippen molar-refractivity contribution in [1.29, 1.82) is 0 Å². The minimum Gasteiger partial charge on any atom is -0.373 e. The molecule has 0 aromatic carbocycles. The zero-order valence-corrected chi connectivity index (χ0v) is 14.5. The van der Waals surface area contributed by atoms with Gasteiger partial charge in [-0.05, 0) is 27.4 Å². The van der Waals surface area contributed by atoms with Crippen LogP contribution >= 0.6 is 0 Å². The normalized spacial score (nSPS) is 19.4. The first kappa shape index (κ1) is 16.0. The molecule has 0 amide bonds. The molecule has 5 nitrogen and oxygen atoms in total. The summed E-state index contributed by atoms with van der Waals surface area (Å²) in [6, 6.07) is 0.607. The zero-order valence-electron chi connectivity index (χ0n) is 14.5. The first-order chi connectivity index (χ1) is 9.74. The van der Waals surface area contributed by atoms with Crippen molar-refractivity contribution < 1.29 is 0 Å². The number of aromatic nitrogens is 2. The fourth-order valence-corrected chi connectivity index (χ4v) is 2.75. The van der Waals surface area contributed by atoms with Crippen molar-refractivity contribution in [2.45, 2.75) is 45.6 Å². The Balaban J connectivity index is 2.39. The van der Waals surface area contributed by atoms with Crippen molar-refractivity contribution in [3.8, 4) is 0 Å². The van der Waals surface area contributed by atoms with Gasteiger partial charge in [0.15, 0.2) is 0 Å². The maximum atomic E-state index is 4.88. The molecule has 1 N–H and O–H groups in total. The second-order valence-corrected chi connectivity index (χ2v) is 7.20. The summed E-state index contributed by atoms with van der Waals surface area (Å²) >= 11 is 0. The predicted molar refractivity (Wildman–Crippen MR) is 89.3 cm³/mol. The van der Waals surface area contributed by atoms with E-state index >= 15 is 0 Å². The molecule has 0 bridgehead atoms. The third-order valence-corrected chi connectivity index (χ3v) is 4.22. The number of likely N-dealkylation sites (N-methyl/N-ethyl adjacent to an activating group) is 1. The van der Waals surface area contributed by atoms with Gasteiger partial charge in [0.25, 0.3) is 0 Å². The molecular weight excluding hydrogens is 262 g/mol. The van der Waals surface area contributed by atoms with Gasteiger partial charge in [-0.3, -0.25) is 0 Å². The van der Waals surface area contributed by atoms with E-state index in [-0.39, 0.29) is 5.41 Å². The van der Waals surface area contributed by atoms with Crippen molar-refractivity contribution in [3.63, 3.8) is 0 Å². The molecule has 21 heavy (non-hydrogen) atoms. The molecule has 0 spiro atoms. The van der Waals surface area contributed by atoms with E-state index in [0.717, 1.165) is 36.1 Å². The van der Waals surface area contributed by atoms with Crippen LogP contribution < -0.4 is 10.2 Å². The average molecular weight is 291 g/mol. The van der Waals surface area contributed by atoms with Gasteiger partial charge in [-0.2, -0.15) is 0 Å². The predicted octanol–water partition coefficient (Wildman–Crippen LogP) is 2.26. The highest BCUT2D eigenvalue weighted by Gasteiger charge is 2.28. The summed E-state index contributed by atoms with van der Waals surface area (Å²) in [6.45, 7) is 10.7. The van der Waals surface area contributed by atoms with Gasteiger partial charge < -0.3 is 15.1 Å². The Morgan fingerprint density at radius 2 is 1.90 bits per heavy atom. The summed E-state index contributed by atoms with van der Waals surface area (Å²) in [7, 11) is 6.24. The van der Waals surface area contributed by atoms with Gasteiger partial charge in [0, 0.05) is 37.2 Å². The van der Waals surface area contributed by atoms with Gasteiger partial charge in [-0.25, -0.2) is 9.97 Å². The molecule has 1 aromatic rings. The van der Waals surface area contributed by atoms with Crippen LogP contribution in [-0.2, 0) is 5.41 Å². The number of hydrogen-bond donors (Lipinski definition) is 1. The van der Waals surface area contributed by atoms with Crippen LogP contribution in [0.4, 0.5) is 11.6 Å². The maximum Gasteiger partial charge on any atom is 0.138 e. The lowest BCUT2D eigenvalue weighted by Gasteiger charge is -2.26. The Labute approximate surface area is 128 Å². The SMILES string of the molecule is CNc1nc(C(C)(C)C)nc(N2CCC(N(C)C)C2)c1C. The molecule has 0 radical (unpaired) electrons. The molecule has 118 valence electrons. The van der Waals surface area contributed by atoms with E-state index in [9.17, 15) is 0 Å². The van der Waals surface area contributed by atoms with Gasteiger partial charge in [-0.15, -0.1) is 0 Å².